The Kier molecular flexibility index (Phi) is 65.1. The SMILES string of the molecule is CCCCCCCCCC/C=C\CCCCCCCCCCCCCCCCCCCCCCCCCCCCCCCC(=O)NC(COP(=O)(O)OCC[N+](C)(C)C)C(O)/C=C/CC/C=C/CCCCCCCCCCCCCCCCC. The van der Waals surface area contributed by atoms with E-state index in [-0.39, 0.29) is 19.1 Å². The van der Waals surface area contributed by atoms with Crippen LogP contribution in [-0.2, 0) is 18.4 Å². The highest BCUT2D eigenvalue weighted by atomic mass is 31.2. The molecule has 0 rings (SSSR count). The summed E-state index contributed by atoms with van der Waals surface area (Å²) in [5, 5.41) is 14.0. The standard InChI is InChI=1S/C75H147N2O6P/c1-6-8-10-12-14-16-18-20-22-24-26-28-29-30-31-32-33-34-35-36-37-38-39-40-41-42-43-44-45-46-47-49-51-53-55-57-59-61-63-65-67-69-75(79)76-73(72-83-84(80,81)82-71-70-77(3,4)5)74(78)68-66-64-62-60-58-56-54-52-50-48-27-25-23-21-19-17-15-13-11-9-7-2/h24,26,58,60,66,68,73-74,78H,6-23,25,27-57,59,61-65,67,69-72H2,1-5H3,(H-,76,79,80,81)/p+1/b26-24-,60-58+,68-66+. The van der Waals surface area contributed by atoms with Gasteiger partial charge in [-0.1, -0.05) is 359 Å². The maximum Gasteiger partial charge on any atom is 0.472 e. The van der Waals surface area contributed by atoms with Gasteiger partial charge >= 0.3 is 7.82 Å². The number of hydrogen-bond acceptors (Lipinski definition) is 5. The summed E-state index contributed by atoms with van der Waals surface area (Å²) in [6.07, 6.45) is 89.1. The number of phosphoric acid groups is 1. The number of unbranched alkanes of at least 4 members (excludes halogenated alkanes) is 53. The molecule has 498 valence electrons. The van der Waals surface area contributed by atoms with Crippen molar-refractivity contribution >= 4 is 13.7 Å². The van der Waals surface area contributed by atoms with Crippen LogP contribution >= 0.6 is 7.82 Å². The van der Waals surface area contributed by atoms with Crippen LogP contribution in [-0.4, -0.2) is 73.4 Å². The highest BCUT2D eigenvalue weighted by molar-refractivity contribution is 7.47. The van der Waals surface area contributed by atoms with Crippen molar-refractivity contribution in [1.82, 2.24) is 5.32 Å². The monoisotopic (exact) mass is 1200 g/mol. The third-order valence-corrected chi connectivity index (χ3v) is 18.3. The molecule has 0 radical (unpaired) electrons. The number of carbonyl (C=O) groups is 1. The van der Waals surface area contributed by atoms with E-state index in [2.05, 4.69) is 43.5 Å². The smallest absolute Gasteiger partial charge is 0.387 e. The third-order valence-electron chi connectivity index (χ3n) is 17.3. The maximum atomic E-state index is 13.0. The van der Waals surface area contributed by atoms with Crippen molar-refractivity contribution in [1.29, 1.82) is 0 Å². The topological polar surface area (TPSA) is 105 Å². The summed E-state index contributed by atoms with van der Waals surface area (Å²) >= 11 is 0. The fraction of sp³-hybridized carbons (Fsp3) is 0.907. The summed E-state index contributed by atoms with van der Waals surface area (Å²) in [7, 11) is 1.57. The summed E-state index contributed by atoms with van der Waals surface area (Å²) in [6, 6.07) is -0.862. The second-order valence-corrected chi connectivity index (χ2v) is 28.5. The van der Waals surface area contributed by atoms with Gasteiger partial charge in [0.15, 0.2) is 0 Å². The normalized spacial score (nSPS) is 13.8. The van der Waals surface area contributed by atoms with Gasteiger partial charge in [0.05, 0.1) is 39.9 Å². The molecule has 0 fully saturated rings. The van der Waals surface area contributed by atoms with Crippen LogP contribution in [0.5, 0.6) is 0 Å². The predicted molar refractivity (Wildman–Crippen MR) is 369 cm³/mol. The zero-order valence-electron chi connectivity index (χ0n) is 57.2. The largest absolute Gasteiger partial charge is 0.472 e. The van der Waals surface area contributed by atoms with Gasteiger partial charge in [0.25, 0.3) is 0 Å². The molecule has 9 heteroatoms. The number of aliphatic hydroxyl groups is 1. The van der Waals surface area contributed by atoms with Crippen LogP contribution in [0, 0.1) is 0 Å². The van der Waals surface area contributed by atoms with E-state index in [1.165, 1.54) is 327 Å². The maximum absolute atomic E-state index is 13.0. The number of nitrogens with zero attached hydrogens (tertiary/aromatic N) is 1. The molecule has 0 aliphatic heterocycles. The number of nitrogens with one attached hydrogen (secondary N) is 1. The first-order valence-corrected chi connectivity index (χ1v) is 38.9. The lowest BCUT2D eigenvalue weighted by molar-refractivity contribution is -0.870. The minimum Gasteiger partial charge on any atom is -0.387 e. The summed E-state index contributed by atoms with van der Waals surface area (Å²) in [5.41, 5.74) is 0. The molecule has 0 aromatic heterocycles. The van der Waals surface area contributed by atoms with Gasteiger partial charge in [0.1, 0.15) is 13.2 Å². The minimum absolute atomic E-state index is 0.0584. The molecule has 3 unspecified atom stereocenters. The van der Waals surface area contributed by atoms with Gasteiger partial charge in [0, 0.05) is 6.42 Å². The lowest BCUT2D eigenvalue weighted by Gasteiger charge is -2.25. The number of rotatable bonds is 70. The molecule has 0 saturated heterocycles. The second-order valence-electron chi connectivity index (χ2n) is 27.0. The summed E-state index contributed by atoms with van der Waals surface area (Å²) in [6.45, 7) is 4.85. The summed E-state index contributed by atoms with van der Waals surface area (Å²) in [4.78, 5) is 23.4. The first-order chi connectivity index (χ1) is 41.0. The van der Waals surface area contributed by atoms with Crippen LogP contribution in [0.15, 0.2) is 36.5 Å². The Labute approximate surface area is 525 Å². The lowest BCUT2D eigenvalue weighted by atomic mass is 10.0. The molecule has 8 nitrogen and oxygen atoms in total. The Morgan fingerprint density at radius 1 is 0.393 bits per heavy atom. The van der Waals surface area contributed by atoms with E-state index in [0.29, 0.717) is 17.4 Å². The van der Waals surface area contributed by atoms with Gasteiger partial charge in [-0.3, -0.25) is 13.8 Å². The highest BCUT2D eigenvalue weighted by Gasteiger charge is 2.28. The van der Waals surface area contributed by atoms with Gasteiger partial charge in [-0.25, -0.2) is 4.57 Å². The van der Waals surface area contributed by atoms with Crippen molar-refractivity contribution in [3.05, 3.63) is 36.5 Å². The summed E-state index contributed by atoms with van der Waals surface area (Å²) in [5.74, 6) is -0.178. The lowest BCUT2D eigenvalue weighted by Crippen LogP contribution is -2.45. The Balaban J connectivity index is 3.91. The first-order valence-electron chi connectivity index (χ1n) is 37.4. The minimum atomic E-state index is -4.36. The van der Waals surface area contributed by atoms with Crippen LogP contribution in [0.3, 0.4) is 0 Å². The van der Waals surface area contributed by atoms with Crippen LogP contribution in [0.25, 0.3) is 0 Å². The Bertz CT molecular complexity index is 1460. The molecule has 1 amide bonds. The van der Waals surface area contributed by atoms with E-state index in [1.54, 1.807) is 6.08 Å². The molecule has 3 N–H and O–H groups in total. The highest BCUT2D eigenvalue weighted by Crippen LogP contribution is 2.43. The zero-order valence-corrected chi connectivity index (χ0v) is 58.1. The molecule has 0 saturated carbocycles. The second kappa shape index (κ2) is 66.1. The molecule has 3 atom stereocenters. The van der Waals surface area contributed by atoms with E-state index in [1.807, 2.05) is 27.2 Å². The number of likely N-dealkylation sites (N-methyl/N-ethyl adjacent to an activating group) is 1. The third kappa shape index (κ3) is 68.2. The van der Waals surface area contributed by atoms with E-state index in [9.17, 15) is 19.4 Å². The van der Waals surface area contributed by atoms with Crippen molar-refractivity contribution in [3.8, 4) is 0 Å². The van der Waals surface area contributed by atoms with Gasteiger partial charge in [-0.15, -0.1) is 0 Å². The number of carbonyl (C=O) groups excluding carboxylic acids is 1. The molecule has 84 heavy (non-hydrogen) atoms. The fourth-order valence-electron chi connectivity index (χ4n) is 11.5. The average molecular weight is 1200 g/mol. The molecular formula is C75H148N2O6P+. The van der Waals surface area contributed by atoms with Gasteiger partial charge in [0.2, 0.25) is 5.91 Å². The number of allylic oxidation sites excluding steroid dienone is 5. The van der Waals surface area contributed by atoms with Gasteiger partial charge in [-0.05, 0) is 57.8 Å². The molecule has 0 aromatic rings. The average Bonchev–Trinajstić information content (AvgIpc) is 3.56. The predicted octanol–water partition coefficient (Wildman–Crippen LogP) is 24.0. The zero-order chi connectivity index (χ0) is 61.2. The van der Waals surface area contributed by atoms with E-state index in [0.717, 1.165) is 38.5 Å². The summed E-state index contributed by atoms with van der Waals surface area (Å²) < 4.78 is 23.8. The van der Waals surface area contributed by atoms with E-state index in [4.69, 9.17) is 9.05 Å². The van der Waals surface area contributed by atoms with Crippen molar-refractivity contribution < 1.29 is 32.9 Å². The molecule has 0 aromatic carbocycles. The Morgan fingerprint density at radius 2 is 0.655 bits per heavy atom. The Hall–Kier alpha value is -1.28. The molecule has 0 heterocycles. The number of aliphatic hydroxyl groups excluding tert-OH is 1. The van der Waals surface area contributed by atoms with Gasteiger partial charge in [-0.2, -0.15) is 0 Å². The van der Waals surface area contributed by atoms with Crippen molar-refractivity contribution in [2.24, 2.45) is 0 Å². The van der Waals surface area contributed by atoms with Crippen molar-refractivity contribution in [2.75, 3.05) is 40.9 Å². The van der Waals surface area contributed by atoms with Gasteiger partial charge < -0.3 is 19.8 Å². The van der Waals surface area contributed by atoms with Crippen LogP contribution in [0.2, 0.25) is 0 Å². The molecule has 0 aliphatic carbocycles. The van der Waals surface area contributed by atoms with Crippen molar-refractivity contribution in [2.45, 2.75) is 398 Å². The van der Waals surface area contributed by atoms with E-state index >= 15 is 0 Å². The number of hydrogen-bond donors (Lipinski definition) is 3. The van der Waals surface area contributed by atoms with Crippen LogP contribution in [0.4, 0.5) is 0 Å². The van der Waals surface area contributed by atoms with Crippen LogP contribution in [0.1, 0.15) is 386 Å². The van der Waals surface area contributed by atoms with Crippen LogP contribution < -0.4 is 5.32 Å². The van der Waals surface area contributed by atoms with E-state index < -0.39 is 20.0 Å². The molecule has 0 aliphatic rings. The Morgan fingerprint density at radius 3 is 0.952 bits per heavy atom. The number of quaternary nitrogens is 1. The molecular weight excluding hydrogens is 1060 g/mol. The van der Waals surface area contributed by atoms with Crippen molar-refractivity contribution in [3.63, 3.8) is 0 Å². The molecule has 0 spiro atoms. The fourth-order valence-corrected chi connectivity index (χ4v) is 12.3. The first kappa shape index (κ1) is 82.7. The number of phosphoric ester groups is 1. The molecule has 0 bridgehead atoms. The quantitative estimate of drug-likeness (QED) is 0.0243. The number of amides is 1.